The van der Waals surface area contributed by atoms with Crippen LogP contribution in [0, 0.1) is 12.8 Å². The molecule has 0 bridgehead atoms. The van der Waals surface area contributed by atoms with E-state index in [4.69, 9.17) is 0 Å². The molecule has 1 fully saturated rings. The lowest BCUT2D eigenvalue weighted by Crippen LogP contribution is -2.30. The maximum absolute atomic E-state index is 13.5. The van der Waals surface area contributed by atoms with E-state index in [2.05, 4.69) is 30.7 Å². The van der Waals surface area contributed by atoms with Crippen LogP contribution >= 0.6 is 22.7 Å². The first kappa shape index (κ1) is 27.0. The fraction of sp³-hybridized carbons (Fsp3) is 0.250. The number of ketones is 2. The zero-order valence-electron chi connectivity index (χ0n) is 21.6. The summed E-state index contributed by atoms with van der Waals surface area (Å²) in [5.41, 5.74) is 2.38. The summed E-state index contributed by atoms with van der Waals surface area (Å²) in [4.78, 5) is 49.7. The predicted octanol–water partition coefficient (Wildman–Crippen LogP) is 5.19. The number of hydrogen-bond donors (Lipinski definition) is 0. The highest BCUT2D eigenvalue weighted by Gasteiger charge is 2.54. The number of aromatic nitrogens is 2. The number of Topliss-reactive ketones (excluding diaryl/α,β-unsaturated/α-hetero) is 2. The van der Waals surface area contributed by atoms with Gasteiger partial charge in [0.05, 0.1) is 17.1 Å². The molecule has 3 heterocycles. The molecular weight excluding hydrogens is 555 g/mol. The Morgan fingerprint density at radius 2 is 1.64 bits per heavy atom. The molecule has 0 spiro atoms. The first-order valence-electron chi connectivity index (χ1n) is 12.1. The maximum Gasteiger partial charge on any atom is 0.297 e. The van der Waals surface area contributed by atoms with Crippen LogP contribution in [0.25, 0.3) is 0 Å². The number of hydrogen-bond acceptors (Lipinski definition) is 9. The van der Waals surface area contributed by atoms with Crippen LogP contribution in [0.4, 0.5) is 5.13 Å². The summed E-state index contributed by atoms with van der Waals surface area (Å²) in [6, 6.07) is 12.8. The van der Waals surface area contributed by atoms with Gasteiger partial charge in [-0.3, -0.25) is 19.3 Å². The molecule has 2 aromatic carbocycles. The van der Waals surface area contributed by atoms with Gasteiger partial charge in [-0.05, 0) is 35.6 Å². The lowest BCUT2D eigenvalue weighted by atomic mass is 9.84. The SMILES string of the molecule is Cc1ccc(S(=O)(=O)c2cnc(N3C(=O)C(=O)C(C(=O)c4nccs4)C3c3ccc(C(C)(C)C)cc3)s2)cc1. The number of anilines is 1. The molecule has 8 nitrogen and oxygen atoms in total. The molecule has 1 saturated heterocycles. The van der Waals surface area contributed by atoms with Crippen LogP contribution < -0.4 is 4.90 Å². The van der Waals surface area contributed by atoms with E-state index in [1.807, 2.05) is 19.1 Å². The van der Waals surface area contributed by atoms with Gasteiger partial charge in [-0.1, -0.05) is 74.1 Å². The van der Waals surface area contributed by atoms with Crippen molar-refractivity contribution in [2.75, 3.05) is 4.90 Å². The van der Waals surface area contributed by atoms with Crippen LogP contribution in [-0.4, -0.2) is 35.9 Å². The number of rotatable bonds is 6. The molecule has 11 heteroatoms. The van der Waals surface area contributed by atoms with Crippen LogP contribution in [0.1, 0.15) is 53.3 Å². The van der Waals surface area contributed by atoms with E-state index in [-0.39, 0.29) is 24.7 Å². The topological polar surface area (TPSA) is 114 Å². The molecule has 39 heavy (non-hydrogen) atoms. The molecule has 1 aliphatic heterocycles. The van der Waals surface area contributed by atoms with Gasteiger partial charge in [-0.15, -0.1) is 11.3 Å². The maximum atomic E-state index is 13.5. The molecule has 5 rings (SSSR count). The molecule has 0 N–H and O–H groups in total. The second-order valence-corrected chi connectivity index (χ2v) is 14.4. The molecule has 2 unspecified atom stereocenters. The highest BCUT2D eigenvalue weighted by atomic mass is 32.2. The fourth-order valence-corrected chi connectivity index (χ4v) is 7.63. The number of aryl methyl sites for hydroxylation is 1. The Balaban J connectivity index is 1.60. The van der Waals surface area contributed by atoms with Gasteiger partial charge in [-0.25, -0.2) is 18.4 Å². The monoisotopic (exact) mass is 579 g/mol. The quantitative estimate of drug-likeness (QED) is 0.175. The van der Waals surface area contributed by atoms with Gasteiger partial charge >= 0.3 is 0 Å². The number of nitrogens with zero attached hydrogens (tertiary/aromatic N) is 3. The molecular formula is C28H25N3O5S3. The Bertz CT molecular complexity index is 1670. The summed E-state index contributed by atoms with van der Waals surface area (Å²) in [7, 11) is -3.91. The standard InChI is InChI=1S/C28H25N3O5S3/c1-16-5-11-19(12-6-16)39(35,36)20-15-30-27(38-20)31-22(17-7-9-18(10-8-17)28(2,3)4)21(24(33)26(31)34)23(32)25-29-13-14-37-25/h5-15,21-22H,1-4H3. The molecule has 0 radical (unpaired) electrons. The van der Waals surface area contributed by atoms with Crippen LogP contribution in [-0.2, 0) is 24.8 Å². The third-order valence-corrected chi connectivity index (χ3v) is 10.6. The fourth-order valence-electron chi connectivity index (χ4n) is 4.46. The first-order valence-corrected chi connectivity index (χ1v) is 15.3. The Morgan fingerprint density at radius 3 is 2.23 bits per heavy atom. The van der Waals surface area contributed by atoms with Gasteiger partial charge in [0.15, 0.2) is 10.1 Å². The lowest BCUT2D eigenvalue weighted by Gasteiger charge is -2.26. The van der Waals surface area contributed by atoms with E-state index < -0.39 is 39.3 Å². The zero-order chi connectivity index (χ0) is 28.1. The molecule has 1 amide bonds. The van der Waals surface area contributed by atoms with Gasteiger partial charge in [0.25, 0.3) is 5.91 Å². The van der Waals surface area contributed by atoms with E-state index in [9.17, 15) is 22.8 Å². The van der Waals surface area contributed by atoms with Gasteiger partial charge in [0, 0.05) is 11.6 Å². The van der Waals surface area contributed by atoms with Gasteiger partial charge in [0.2, 0.25) is 21.4 Å². The van der Waals surface area contributed by atoms with Crippen molar-refractivity contribution in [3.63, 3.8) is 0 Å². The molecule has 0 saturated carbocycles. The van der Waals surface area contributed by atoms with Crippen LogP contribution in [0.5, 0.6) is 0 Å². The van der Waals surface area contributed by atoms with Gasteiger partial charge in [-0.2, -0.15) is 0 Å². The number of benzene rings is 2. The van der Waals surface area contributed by atoms with E-state index in [0.29, 0.717) is 5.56 Å². The van der Waals surface area contributed by atoms with Crippen LogP contribution in [0.15, 0.2) is 75.4 Å². The Kier molecular flexibility index (Phi) is 6.86. The second kappa shape index (κ2) is 9.89. The van der Waals surface area contributed by atoms with Crippen molar-refractivity contribution in [3.05, 3.63) is 88.0 Å². The van der Waals surface area contributed by atoms with Gasteiger partial charge < -0.3 is 0 Å². The van der Waals surface area contributed by atoms with Crippen molar-refractivity contribution in [2.24, 2.45) is 5.92 Å². The van der Waals surface area contributed by atoms with Crippen molar-refractivity contribution in [1.29, 1.82) is 0 Å². The summed E-state index contributed by atoms with van der Waals surface area (Å²) < 4.78 is 26.5. The number of thiazole rings is 2. The minimum atomic E-state index is -3.91. The Labute approximate surface area is 234 Å². The molecule has 200 valence electrons. The Morgan fingerprint density at radius 1 is 0.974 bits per heavy atom. The number of amides is 1. The largest absolute Gasteiger partial charge is 0.297 e. The minimum Gasteiger partial charge on any atom is -0.291 e. The highest BCUT2D eigenvalue weighted by molar-refractivity contribution is 7.93. The summed E-state index contributed by atoms with van der Waals surface area (Å²) in [6.45, 7) is 8.06. The number of carbonyl (C=O) groups excluding carboxylic acids is 3. The minimum absolute atomic E-state index is 0.0263. The van der Waals surface area contributed by atoms with Gasteiger partial charge in [0.1, 0.15) is 10.1 Å². The third-order valence-electron chi connectivity index (χ3n) is 6.62. The molecule has 1 aliphatic rings. The normalized spacial score (nSPS) is 18.1. The van der Waals surface area contributed by atoms with E-state index >= 15 is 0 Å². The van der Waals surface area contributed by atoms with Crippen molar-refractivity contribution < 1.29 is 22.8 Å². The zero-order valence-corrected chi connectivity index (χ0v) is 24.1. The average Bonchev–Trinajstić information content (AvgIpc) is 3.65. The predicted molar refractivity (Wildman–Crippen MR) is 149 cm³/mol. The van der Waals surface area contributed by atoms with E-state index in [0.717, 1.165) is 38.7 Å². The number of carbonyl (C=O) groups is 3. The van der Waals surface area contributed by atoms with Crippen molar-refractivity contribution in [3.8, 4) is 0 Å². The average molecular weight is 580 g/mol. The smallest absolute Gasteiger partial charge is 0.291 e. The molecule has 2 atom stereocenters. The summed E-state index contributed by atoms with van der Waals surface area (Å²) >= 11 is 1.88. The van der Waals surface area contributed by atoms with Crippen LogP contribution in [0.3, 0.4) is 0 Å². The summed E-state index contributed by atoms with van der Waals surface area (Å²) in [5.74, 6) is -3.69. The lowest BCUT2D eigenvalue weighted by molar-refractivity contribution is -0.135. The molecule has 2 aromatic heterocycles. The molecule has 4 aromatic rings. The summed E-state index contributed by atoms with van der Waals surface area (Å²) in [6.07, 6.45) is 2.65. The first-order chi connectivity index (χ1) is 18.4. The van der Waals surface area contributed by atoms with Crippen LogP contribution in [0.2, 0.25) is 0 Å². The van der Waals surface area contributed by atoms with Crippen molar-refractivity contribution >= 4 is 55.1 Å². The Hall–Kier alpha value is -3.54. The third kappa shape index (κ3) is 4.86. The van der Waals surface area contributed by atoms with Crippen molar-refractivity contribution in [1.82, 2.24) is 9.97 Å². The van der Waals surface area contributed by atoms with Crippen molar-refractivity contribution in [2.45, 2.75) is 48.3 Å². The summed E-state index contributed by atoms with van der Waals surface area (Å²) in [5, 5.41) is 1.78. The van der Waals surface area contributed by atoms with E-state index in [1.54, 1.807) is 29.6 Å². The highest BCUT2D eigenvalue weighted by Crippen LogP contribution is 2.44. The van der Waals surface area contributed by atoms with E-state index in [1.165, 1.54) is 24.5 Å². The molecule has 0 aliphatic carbocycles. The second-order valence-electron chi connectivity index (χ2n) is 10.3. The number of sulfone groups is 1.